The molecule has 0 amide bonds. The van der Waals surface area contributed by atoms with Crippen molar-refractivity contribution >= 4 is 0 Å². The minimum absolute atomic E-state index is 0.0855. The molecule has 0 aromatic heterocycles. The van der Waals surface area contributed by atoms with Crippen molar-refractivity contribution in [1.82, 2.24) is 0 Å². The zero-order chi connectivity index (χ0) is 9.90. The van der Waals surface area contributed by atoms with Gasteiger partial charge in [0.05, 0.1) is 11.7 Å². The summed E-state index contributed by atoms with van der Waals surface area (Å²) in [5.41, 5.74) is -0.0855. The van der Waals surface area contributed by atoms with Crippen molar-refractivity contribution in [2.75, 3.05) is 6.61 Å². The summed E-state index contributed by atoms with van der Waals surface area (Å²) in [5, 5.41) is 8.68. The molecule has 1 N–H and O–H groups in total. The van der Waals surface area contributed by atoms with Crippen LogP contribution in [0.3, 0.4) is 0 Å². The Morgan fingerprint density at radius 2 is 2.15 bits per heavy atom. The van der Waals surface area contributed by atoms with Gasteiger partial charge in [0.2, 0.25) is 0 Å². The van der Waals surface area contributed by atoms with Crippen molar-refractivity contribution in [3.8, 4) is 0 Å². The highest BCUT2D eigenvalue weighted by Gasteiger charge is 2.32. The molecule has 0 aromatic carbocycles. The van der Waals surface area contributed by atoms with Gasteiger partial charge in [0.1, 0.15) is 0 Å². The van der Waals surface area contributed by atoms with Gasteiger partial charge in [-0.25, -0.2) is 0 Å². The standard InChI is InChI=1S/C10H20O3/c1-8-7-10(2,3)13-9(12-8)5-4-6-11/h8-9,11H,4-7H2,1-3H3. The van der Waals surface area contributed by atoms with Crippen LogP contribution < -0.4 is 0 Å². The Balaban J connectivity index is 2.38. The molecule has 2 unspecified atom stereocenters. The monoisotopic (exact) mass is 188 g/mol. The molecule has 13 heavy (non-hydrogen) atoms. The highest BCUT2D eigenvalue weighted by atomic mass is 16.7. The molecule has 0 saturated carbocycles. The van der Waals surface area contributed by atoms with Crippen molar-refractivity contribution in [2.45, 2.75) is 58.0 Å². The van der Waals surface area contributed by atoms with Crippen LogP contribution in [-0.4, -0.2) is 29.7 Å². The second-order valence-electron chi connectivity index (χ2n) is 4.32. The topological polar surface area (TPSA) is 38.7 Å². The lowest BCUT2D eigenvalue weighted by atomic mass is 10.00. The van der Waals surface area contributed by atoms with E-state index in [0.717, 1.165) is 19.3 Å². The third-order valence-electron chi connectivity index (χ3n) is 2.21. The molecule has 1 aliphatic rings. The predicted octanol–water partition coefficient (Wildman–Crippen LogP) is 1.69. The van der Waals surface area contributed by atoms with Crippen LogP contribution in [0.25, 0.3) is 0 Å². The first-order valence-electron chi connectivity index (χ1n) is 4.97. The molecule has 1 saturated heterocycles. The van der Waals surface area contributed by atoms with Gasteiger partial charge in [-0.2, -0.15) is 0 Å². The van der Waals surface area contributed by atoms with Gasteiger partial charge >= 0.3 is 0 Å². The maximum atomic E-state index is 8.68. The summed E-state index contributed by atoms with van der Waals surface area (Å²) < 4.78 is 11.3. The number of rotatable bonds is 3. The van der Waals surface area contributed by atoms with E-state index in [9.17, 15) is 0 Å². The fourth-order valence-corrected chi connectivity index (χ4v) is 1.82. The fourth-order valence-electron chi connectivity index (χ4n) is 1.82. The minimum Gasteiger partial charge on any atom is -0.396 e. The van der Waals surface area contributed by atoms with Gasteiger partial charge in [-0.15, -0.1) is 0 Å². The first kappa shape index (κ1) is 11.0. The SMILES string of the molecule is CC1CC(C)(C)OC(CCCO)O1. The van der Waals surface area contributed by atoms with Crippen molar-refractivity contribution in [1.29, 1.82) is 0 Å². The normalized spacial score (nSPS) is 33.2. The van der Waals surface area contributed by atoms with E-state index in [1.807, 2.05) is 0 Å². The molecule has 0 aromatic rings. The molecule has 0 spiro atoms. The molecule has 3 heteroatoms. The van der Waals surface area contributed by atoms with E-state index in [1.165, 1.54) is 0 Å². The van der Waals surface area contributed by atoms with Crippen LogP contribution in [-0.2, 0) is 9.47 Å². The van der Waals surface area contributed by atoms with E-state index >= 15 is 0 Å². The Morgan fingerprint density at radius 3 is 2.69 bits per heavy atom. The van der Waals surface area contributed by atoms with Gasteiger partial charge in [-0.3, -0.25) is 0 Å². The molecular weight excluding hydrogens is 168 g/mol. The predicted molar refractivity (Wildman–Crippen MR) is 50.4 cm³/mol. The molecule has 0 radical (unpaired) electrons. The van der Waals surface area contributed by atoms with Gasteiger partial charge in [-0.05, 0) is 27.2 Å². The van der Waals surface area contributed by atoms with Gasteiger partial charge in [0, 0.05) is 19.4 Å². The molecule has 1 heterocycles. The maximum absolute atomic E-state index is 8.68. The van der Waals surface area contributed by atoms with Crippen LogP contribution in [0.1, 0.15) is 40.0 Å². The van der Waals surface area contributed by atoms with Crippen LogP contribution in [0.2, 0.25) is 0 Å². The molecule has 1 rings (SSSR count). The second kappa shape index (κ2) is 4.40. The summed E-state index contributed by atoms with van der Waals surface area (Å²) in [6, 6.07) is 0. The summed E-state index contributed by atoms with van der Waals surface area (Å²) in [5.74, 6) is 0. The average molecular weight is 188 g/mol. The highest BCUT2D eigenvalue weighted by molar-refractivity contribution is 4.77. The third-order valence-corrected chi connectivity index (χ3v) is 2.21. The fraction of sp³-hybridized carbons (Fsp3) is 1.00. The average Bonchev–Trinajstić information content (AvgIpc) is 1.97. The van der Waals surface area contributed by atoms with Crippen LogP contribution in [0.15, 0.2) is 0 Å². The lowest BCUT2D eigenvalue weighted by Crippen LogP contribution is -2.42. The summed E-state index contributed by atoms with van der Waals surface area (Å²) in [4.78, 5) is 0. The number of hydrogen-bond donors (Lipinski definition) is 1. The van der Waals surface area contributed by atoms with Crippen molar-refractivity contribution in [3.05, 3.63) is 0 Å². The van der Waals surface area contributed by atoms with Crippen molar-refractivity contribution in [3.63, 3.8) is 0 Å². The number of aliphatic hydroxyl groups is 1. The quantitative estimate of drug-likeness (QED) is 0.732. The Morgan fingerprint density at radius 1 is 1.46 bits per heavy atom. The van der Waals surface area contributed by atoms with Gasteiger partial charge in [0.15, 0.2) is 6.29 Å². The van der Waals surface area contributed by atoms with Gasteiger partial charge in [-0.1, -0.05) is 0 Å². The maximum Gasteiger partial charge on any atom is 0.158 e. The number of aliphatic hydroxyl groups excluding tert-OH is 1. The Labute approximate surface area is 80.0 Å². The molecule has 0 aliphatic carbocycles. The van der Waals surface area contributed by atoms with Crippen LogP contribution in [0.5, 0.6) is 0 Å². The van der Waals surface area contributed by atoms with E-state index in [2.05, 4.69) is 20.8 Å². The molecular formula is C10H20O3. The van der Waals surface area contributed by atoms with Gasteiger partial charge in [0.25, 0.3) is 0 Å². The summed E-state index contributed by atoms with van der Waals surface area (Å²) in [6.07, 6.45) is 2.58. The molecule has 1 aliphatic heterocycles. The van der Waals surface area contributed by atoms with E-state index in [4.69, 9.17) is 14.6 Å². The van der Waals surface area contributed by atoms with Crippen LogP contribution in [0, 0.1) is 0 Å². The zero-order valence-corrected chi connectivity index (χ0v) is 8.75. The van der Waals surface area contributed by atoms with Crippen molar-refractivity contribution < 1.29 is 14.6 Å². The zero-order valence-electron chi connectivity index (χ0n) is 8.75. The molecule has 3 nitrogen and oxygen atoms in total. The van der Waals surface area contributed by atoms with Gasteiger partial charge < -0.3 is 14.6 Å². The summed E-state index contributed by atoms with van der Waals surface area (Å²) in [6.45, 7) is 6.43. The van der Waals surface area contributed by atoms with E-state index < -0.39 is 0 Å². The first-order chi connectivity index (χ1) is 6.03. The van der Waals surface area contributed by atoms with Crippen molar-refractivity contribution in [2.24, 2.45) is 0 Å². The third kappa shape index (κ3) is 3.63. The Hall–Kier alpha value is -0.120. The lowest BCUT2D eigenvalue weighted by Gasteiger charge is -2.39. The Bertz CT molecular complexity index is 156. The minimum atomic E-state index is -0.133. The van der Waals surface area contributed by atoms with E-state index in [0.29, 0.717) is 0 Å². The summed E-state index contributed by atoms with van der Waals surface area (Å²) in [7, 11) is 0. The molecule has 2 atom stereocenters. The van der Waals surface area contributed by atoms with E-state index in [1.54, 1.807) is 0 Å². The number of hydrogen-bond acceptors (Lipinski definition) is 3. The highest BCUT2D eigenvalue weighted by Crippen LogP contribution is 2.28. The first-order valence-corrected chi connectivity index (χ1v) is 4.97. The van der Waals surface area contributed by atoms with Crippen LogP contribution >= 0.6 is 0 Å². The molecule has 78 valence electrons. The lowest BCUT2D eigenvalue weighted by molar-refractivity contribution is -0.270. The summed E-state index contributed by atoms with van der Waals surface area (Å²) >= 11 is 0. The van der Waals surface area contributed by atoms with Crippen LogP contribution in [0.4, 0.5) is 0 Å². The Kier molecular flexibility index (Phi) is 3.71. The largest absolute Gasteiger partial charge is 0.396 e. The number of ether oxygens (including phenoxy) is 2. The smallest absolute Gasteiger partial charge is 0.158 e. The van der Waals surface area contributed by atoms with E-state index in [-0.39, 0.29) is 24.6 Å². The second-order valence-corrected chi connectivity index (χ2v) is 4.32. The molecule has 0 bridgehead atoms. The molecule has 1 fully saturated rings.